The van der Waals surface area contributed by atoms with Gasteiger partial charge in [0.1, 0.15) is 5.76 Å². The van der Waals surface area contributed by atoms with Crippen LogP contribution < -0.4 is 5.32 Å². The zero-order valence-electron chi connectivity index (χ0n) is 20.3. The number of halogens is 1. The lowest BCUT2D eigenvalue weighted by atomic mass is 9.62. The van der Waals surface area contributed by atoms with Crippen LogP contribution in [0.15, 0.2) is 52.9 Å². The third-order valence-corrected chi connectivity index (χ3v) is 7.42. The Kier molecular flexibility index (Phi) is 6.46. The Morgan fingerprint density at radius 2 is 1.61 bits per heavy atom. The molecule has 3 nitrogen and oxygen atoms in total. The number of amides is 1. The fourth-order valence-corrected chi connectivity index (χ4v) is 4.92. The minimum Gasteiger partial charge on any atom is -0.456 e. The topological polar surface area (TPSA) is 42.2 Å². The van der Waals surface area contributed by atoms with E-state index in [1.165, 1.54) is 35.1 Å². The minimum absolute atomic E-state index is 0.172. The molecular formula is C29H34ClNO2. The van der Waals surface area contributed by atoms with Crippen molar-refractivity contribution in [3.63, 3.8) is 0 Å². The van der Waals surface area contributed by atoms with E-state index in [0.717, 1.165) is 17.7 Å². The second kappa shape index (κ2) is 9.02. The van der Waals surface area contributed by atoms with Crippen LogP contribution >= 0.6 is 11.6 Å². The molecule has 1 aliphatic carbocycles. The second-order valence-corrected chi connectivity index (χ2v) is 11.1. The number of carbonyl (C=O) groups is 1. The molecule has 1 N–H and O–H groups in total. The van der Waals surface area contributed by atoms with Gasteiger partial charge in [-0.3, -0.25) is 4.79 Å². The predicted octanol–water partition coefficient (Wildman–Crippen LogP) is 7.15. The molecule has 2 aromatic carbocycles. The third-order valence-electron chi connectivity index (χ3n) is 7.17. The van der Waals surface area contributed by atoms with Crippen LogP contribution in [0.1, 0.15) is 84.7 Å². The number of nitrogens with one attached hydrogen (secondary N) is 1. The molecule has 1 aliphatic rings. The van der Waals surface area contributed by atoms with Gasteiger partial charge in [0.25, 0.3) is 5.91 Å². The number of carbonyl (C=O) groups excluding carboxylic acids is 1. The van der Waals surface area contributed by atoms with Crippen molar-refractivity contribution in [1.82, 2.24) is 5.32 Å². The highest BCUT2D eigenvalue weighted by Crippen LogP contribution is 2.46. The average Bonchev–Trinajstić information content (AvgIpc) is 3.23. The van der Waals surface area contributed by atoms with Gasteiger partial charge in [-0.15, -0.1) is 0 Å². The first-order valence-electron chi connectivity index (χ1n) is 11.8. The standard InChI is InChI=1S/C29H34ClNO2/c1-19-16-24-25(29(4,5)14-13-28(24,2)3)18-21(19)17-23-10-11-26(33-23)27(32)31-15-12-20-6-8-22(30)9-7-20/h6-11,16,18H,12-15,17H2,1-5H3,(H,31,32). The zero-order chi connectivity index (χ0) is 23.8. The summed E-state index contributed by atoms with van der Waals surface area (Å²) < 4.78 is 5.93. The number of hydrogen-bond donors (Lipinski definition) is 1. The molecule has 0 saturated heterocycles. The van der Waals surface area contributed by atoms with Crippen molar-refractivity contribution in [2.45, 2.75) is 71.1 Å². The maximum Gasteiger partial charge on any atom is 0.287 e. The summed E-state index contributed by atoms with van der Waals surface area (Å²) in [6.45, 7) is 12.1. The Hall–Kier alpha value is -2.52. The Bertz CT molecular complexity index is 1150. The van der Waals surface area contributed by atoms with Gasteiger partial charge in [0, 0.05) is 18.0 Å². The summed E-state index contributed by atoms with van der Waals surface area (Å²) in [5.41, 5.74) is 6.98. The molecular weight excluding hydrogens is 430 g/mol. The van der Waals surface area contributed by atoms with E-state index in [4.69, 9.17) is 16.0 Å². The van der Waals surface area contributed by atoms with Crippen LogP contribution in [0.5, 0.6) is 0 Å². The first kappa shape index (κ1) is 23.6. The number of benzene rings is 2. The largest absolute Gasteiger partial charge is 0.456 e. The van der Waals surface area contributed by atoms with Crippen molar-refractivity contribution in [2.24, 2.45) is 0 Å². The van der Waals surface area contributed by atoms with Crippen molar-refractivity contribution in [1.29, 1.82) is 0 Å². The average molecular weight is 464 g/mol. The Balaban J connectivity index is 1.44. The molecule has 4 heteroatoms. The van der Waals surface area contributed by atoms with Crippen LogP contribution in [-0.2, 0) is 23.7 Å². The number of hydrogen-bond acceptors (Lipinski definition) is 2. The van der Waals surface area contributed by atoms with E-state index in [2.05, 4.69) is 52.1 Å². The van der Waals surface area contributed by atoms with Gasteiger partial charge in [-0.25, -0.2) is 0 Å². The summed E-state index contributed by atoms with van der Waals surface area (Å²) in [6.07, 6.45) is 3.83. The minimum atomic E-state index is -0.180. The lowest BCUT2D eigenvalue weighted by Crippen LogP contribution is -2.34. The SMILES string of the molecule is Cc1cc2c(cc1Cc1ccc(C(=O)NCCc3ccc(Cl)cc3)o1)C(C)(C)CCC2(C)C. The van der Waals surface area contributed by atoms with Crippen molar-refractivity contribution in [3.8, 4) is 0 Å². The maximum atomic E-state index is 12.5. The zero-order valence-corrected chi connectivity index (χ0v) is 21.1. The Morgan fingerprint density at radius 3 is 2.27 bits per heavy atom. The van der Waals surface area contributed by atoms with Crippen LogP contribution in [0.2, 0.25) is 5.02 Å². The molecule has 3 aromatic rings. The van der Waals surface area contributed by atoms with Crippen molar-refractivity contribution in [2.75, 3.05) is 6.54 Å². The van der Waals surface area contributed by atoms with Gasteiger partial charge in [0.2, 0.25) is 0 Å². The van der Waals surface area contributed by atoms with Crippen LogP contribution in [0, 0.1) is 6.92 Å². The van der Waals surface area contributed by atoms with Crippen molar-refractivity contribution >= 4 is 17.5 Å². The number of furan rings is 1. The van der Waals surface area contributed by atoms with E-state index in [-0.39, 0.29) is 16.7 Å². The highest BCUT2D eigenvalue weighted by Gasteiger charge is 2.37. The Morgan fingerprint density at radius 1 is 0.970 bits per heavy atom. The summed E-state index contributed by atoms with van der Waals surface area (Å²) in [7, 11) is 0. The van der Waals surface area contributed by atoms with Gasteiger partial charge in [0.05, 0.1) is 0 Å². The number of aryl methyl sites for hydroxylation is 1. The lowest BCUT2D eigenvalue weighted by Gasteiger charge is -2.42. The highest BCUT2D eigenvalue weighted by molar-refractivity contribution is 6.30. The summed E-state index contributed by atoms with van der Waals surface area (Å²) >= 11 is 5.93. The van der Waals surface area contributed by atoms with Gasteiger partial charge in [-0.05, 0) is 89.1 Å². The first-order valence-corrected chi connectivity index (χ1v) is 12.2. The van der Waals surface area contributed by atoms with E-state index in [0.29, 0.717) is 23.7 Å². The lowest BCUT2D eigenvalue weighted by molar-refractivity contribution is 0.0925. The van der Waals surface area contributed by atoms with Crippen molar-refractivity contribution < 1.29 is 9.21 Å². The molecule has 4 rings (SSSR count). The highest BCUT2D eigenvalue weighted by atomic mass is 35.5. The first-order chi connectivity index (χ1) is 15.5. The normalized spacial score (nSPS) is 16.3. The molecule has 0 fully saturated rings. The summed E-state index contributed by atoms with van der Waals surface area (Å²) in [4.78, 5) is 12.5. The summed E-state index contributed by atoms with van der Waals surface area (Å²) in [5, 5.41) is 3.66. The fourth-order valence-electron chi connectivity index (χ4n) is 4.80. The van der Waals surface area contributed by atoms with E-state index in [9.17, 15) is 4.79 Å². The summed E-state index contributed by atoms with van der Waals surface area (Å²) in [5.74, 6) is 0.993. The summed E-state index contributed by atoms with van der Waals surface area (Å²) in [6, 6.07) is 16.1. The molecule has 0 aliphatic heterocycles. The smallest absolute Gasteiger partial charge is 0.287 e. The fraction of sp³-hybridized carbons (Fsp3) is 0.414. The van der Waals surface area contributed by atoms with Crippen LogP contribution in [0.4, 0.5) is 0 Å². The maximum absolute atomic E-state index is 12.5. The van der Waals surface area contributed by atoms with E-state index in [1.807, 2.05) is 30.3 Å². The molecule has 0 bridgehead atoms. The molecule has 33 heavy (non-hydrogen) atoms. The van der Waals surface area contributed by atoms with Crippen LogP contribution in [0.25, 0.3) is 0 Å². The quantitative estimate of drug-likeness (QED) is 0.421. The van der Waals surface area contributed by atoms with Gasteiger partial charge in [-0.2, -0.15) is 0 Å². The third kappa shape index (κ3) is 5.19. The van der Waals surface area contributed by atoms with E-state index in [1.54, 1.807) is 6.07 Å². The van der Waals surface area contributed by atoms with E-state index >= 15 is 0 Å². The van der Waals surface area contributed by atoms with Gasteiger partial charge >= 0.3 is 0 Å². The molecule has 0 spiro atoms. The molecule has 1 heterocycles. The second-order valence-electron chi connectivity index (χ2n) is 10.7. The van der Waals surface area contributed by atoms with Crippen molar-refractivity contribution in [3.05, 3.63) is 92.9 Å². The van der Waals surface area contributed by atoms with Crippen LogP contribution in [-0.4, -0.2) is 12.5 Å². The molecule has 0 atom stereocenters. The molecule has 0 unspecified atom stereocenters. The molecule has 174 valence electrons. The number of fused-ring (bicyclic) bond motifs is 1. The molecule has 1 aromatic heterocycles. The van der Waals surface area contributed by atoms with Crippen LogP contribution in [0.3, 0.4) is 0 Å². The number of rotatable bonds is 6. The molecule has 0 radical (unpaired) electrons. The van der Waals surface area contributed by atoms with Gasteiger partial charge in [-0.1, -0.05) is 63.6 Å². The predicted molar refractivity (Wildman–Crippen MR) is 135 cm³/mol. The van der Waals surface area contributed by atoms with Gasteiger partial charge < -0.3 is 9.73 Å². The molecule has 1 amide bonds. The monoisotopic (exact) mass is 463 g/mol. The van der Waals surface area contributed by atoms with Gasteiger partial charge in [0.15, 0.2) is 5.76 Å². The van der Waals surface area contributed by atoms with E-state index < -0.39 is 0 Å². The Labute approximate surface area is 202 Å². The molecule has 0 saturated carbocycles.